The van der Waals surface area contributed by atoms with Crippen LogP contribution in [0.2, 0.25) is 5.02 Å². The Labute approximate surface area is 148 Å². The molecule has 2 aromatic rings. The molecule has 1 saturated heterocycles. The van der Waals surface area contributed by atoms with Crippen molar-refractivity contribution in [2.24, 2.45) is 5.10 Å². The zero-order chi connectivity index (χ0) is 16.8. The molecule has 0 aliphatic carbocycles. The van der Waals surface area contributed by atoms with Crippen LogP contribution in [0.4, 0.5) is 5.69 Å². The van der Waals surface area contributed by atoms with Crippen LogP contribution in [0.15, 0.2) is 59.7 Å². The Bertz CT molecular complexity index is 667. The lowest BCUT2D eigenvalue weighted by molar-refractivity contribution is -0.928. The van der Waals surface area contributed by atoms with Crippen LogP contribution in [0.3, 0.4) is 0 Å². The molecule has 1 heterocycles. The zero-order valence-corrected chi connectivity index (χ0v) is 14.6. The molecule has 5 heteroatoms. The van der Waals surface area contributed by atoms with Gasteiger partial charge in [0.05, 0.1) is 24.6 Å². The van der Waals surface area contributed by atoms with Crippen molar-refractivity contribution in [2.75, 3.05) is 31.7 Å². The molecule has 126 valence electrons. The molecule has 2 aromatic carbocycles. The van der Waals surface area contributed by atoms with Crippen molar-refractivity contribution in [3.8, 4) is 0 Å². The number of hydrogen-bond donors (Lipinski definition) is 2. The molecule has 0 radical (unpaired) electrons. The number of hydrogen-bond acceptors (Lipinski definition) is 3. The first-order chi connectivity index (χ1) is 11.7. The van der Waals surface area contributed by atoms with E-state index in [4.69, 9.17) is 16.3 Å². The standard InChI is InChI=1S/C19H22ClN3O/c1-15(21-22-18-9-7-17(20)8-10-18)19(16-5-3-2-4-6-16)23-11-13-24-14-12-23/h2-10,19,22H,11-14H2,1H3/p+1/b21-15-/t19-/m0/s1. The van der Waals surface area contributed by atoms with Crippen LogP contribution >= 0.6 is 11.6 Å². The molecule has 1 fully saturated rings. The maximum Gasteiger partial charge on any atom is 0.154 e. The Hall–Kier alpha value is -1.88. The third-order valence-electron chi connectivity index (χ3n) is 4.30. The molecule has 4 nitrogen and oxygen atoms in total. The highest BCUT2D eigenvalue weighted by atomic mass is 35.5. The number of morpholine rings is 1. The fourth-order valence-electron chi connectivity index (χ4n) is 3.08. The van der Waals surface area contributed by atoms with Crippen LogP contribution in [0.1, 0.15) is 18.5 Å². The summed E-state index contributed by atoms with van der Waals surface area (Å²) in [5, 5.41) is 5.36. The van der Waals surface area contributed by atoms with Gasteiger partial charge in [0.2, 0.25) is 0 Å². The third-order valence-corrected chi connectivity index (χ3v) is 4.55. The second-order valence-corrected chi connectivity index (χ2v) is 6.42. The quantitative estimate of drug-likeness (QED) is 0.646. The molecule has 0 bridgehead atoms. The van der Waals surface area contributed by atoms with Crippen molar-refractivity contribution in [2.45, 2.75) is 13.0 Å². The van der Waals surface area contributed by atoms with Crippen LogP contribution in [0.25, 0.3) is 0 Å². The summed E-state index contributed by atoms with van der Waals surface area (Å²) in [7, 11) is 0. The van der Waals surface area contributed by atoms with E-state index in [1.165, 1.54) is 10.5 Å². The van der Waals surface area contributed by atoms with Gasteiger partial charge in [0.1, 0.15) is 13.1 Å². The van der Waals surface area contributed by atoms with Gasteiger partial charge in [-0.2, -0.15) is 5.10 Å². The van der Waals surface area contributed by atoms with Gasteiger partial charge < -0.3 is 9.64 Å². The fourth-order valence-corrected chi connectivity index (χ4v) is 3.21. The van der Waals surface area contributed by atoms with Crippen molar-refractivity contribution in [1.82, 2.24) is 0 Å². The molecule has 0 saturated carbocycles. The van der Waals surface area contributed by atoms with E-state index in [0.29, 0.717) is 0 Å². The number of nitrogens with one attached hydrogen (secondary N) is 2. The summed E-state index contributed by atoms with van der Waals surface area (Å²) < 4.78 is 5.52. The maximum absolute atomic E-state index is 5.93. The SMILES string of the molecule is C/C(=N/Nc1ccc(Cl)cc1)[C@@H](c1ccccc1)[NH+]1CCOCC1. The maximum atomic E-state index is 5.93. The highest BCUT2D eigenvalue weighted by molar-refractivity contribution is 6.30. The Morgan fingerprint density at radius 3 is 2.42 bits per heavy atom. The van der Waals surface area contributed by atoms with Crippen LogP contribution in [-0.4, -0.2) is 32.0 Å². The lowest BCUT2D eigenvalue weighted by Gasteiger charge is -2.31. The second kappa shape index (κ2) is 8.29. The van der Waals surface area contributed by atoms with E-state index in [9.17, 15) is 0 Å². The first-order valence-electron chi connectivity index (χ1n) is 8.27. The molecule has 0 amide bonds. The van der Waals surface area contributed by atoms with Crippen LogP contribution in [0, 0.1) is 0 Å². The Kier molecular flexibility index (Phi) is 5.86. The molecule has 3 rings (SSSR count). The number of quaternary nitrogens is 1. The van der Waals surface area contributed by atoms with Crippen molar-refractivity contribution < 1.29 is 9.64 Å². The molecule has 1 atom stereocenters. The predicted octanol–water partition coefficient (Wildman–Crippen LogP) is 2.78. The number of benzene rings is 2. The lowest BCUT2D eigenvalue weighted by atomic mass is 10.0. The summed E-state index contributed by atoms with van der Waals surface area (Å²) in [5.41, 5.74) is 6.43. The number of hydrazone groups is 1. The fraction of sp³-hybridized carbons (Fsp3) is 0.316. The number of halogens is 1. The third kappa shape index (κ3) is 4.35. The number of rotatable bonds is 5. The minimum absolute atomic E-state index is 0.231. The summed E-state index contributed by atoms with van der Waals surface area (Å²) in [6.45, 7) is 5.68. The van der Waals surface area contributed by atoms with Crippen molar-refractivity contribution >= 4 is 23.0 Å². The van der Waals surface area contributed by atoms with Gasteiger partial charge >= 0.3 is 0 Å². The summed E-state index contributed by atoms with van der Waals surface area (Å²) in [6, 6.07) is 18.4. The molecule has 0 aromatic heterocycles. The average molecular weight is 345 g/mol. The summed E-state index contributed by atoms with van der Waals surface area (Å²) >= 11 is 5.93. The molecule has 0 spiro atoms. The molecule has 1 aliphatic rings. The van der Waals surface area contributed by atoms with E-state index in [1.54, 1.807) is 0 Å². The van der Waals surface area contributed by atoms with E-state index in [-0.39, 0.29) is 6.04 Å². The first kappa shape index (κ1) is 17.0. The van der Waals surface area contributed by atoms with Gasteiger partial charge in [-0.3, -0.25) is 5.43 Å². The predicted molar refractivity (Wildman–Crippen MR) is 98.9 cm³/mol. The van der Waals surface area contributed by atoms with Crippen LogP contribution in [0.5, 0.6) is 0 Å². The summed E-state index contributed by atoms with van der Waals surface area (Å²) in [5.74, 6) is 0. The van der Waals surface area contributed by atoms with Crippen molar-refractivity contribution in [3.05, 3.63) is 65.2 Å². The van der Waals surface area contributed by atoms with E-state index in [1.807, 2.05) is 30.3 Å². The molecule has 24 heavy (non-hydrogen) atoms. The Morgan fingerprint density at radius 2 is 1.75 bits per heavy atom. The van der Waals surface area contributed by atoms with Gasteiger partial charge in [-0.05, 0) is 31.2 Å². The van der Waals surface area contributed by atoms with E-state index >= 15 is 0 Å². The molecule has 0 unspecified atom stereocenters. The lowest BCUT2D eigenvalue weighted by Crippen LogP contribution is -3.15. The Balaban J connectivity index is 1.80. The monoisotopic (exact) mass is 344 g/mol. The van der Waals surface area contributed by atoms with E-state index in [0.717, 1.165) is 42.7 Å². The van der Waals surface area contributed by atoms with Crippen molar-refractivity contribution in [1.29, 1.82) is 0 Å². The highest BCUT2D eigenvalue weighted by Gasteiger charge is 2.28. The van der Waals surface area contributed by atoms with Crippen LogP contribution in [-0.2, 0) is 4.74 Å². The molecular formula is C19H23ClN3O+. The number of ether oxygens (including phenoxy) is 1. The van der Waals surface area contributed by atoms with Crippen molar-refractivity contribution in [3.63, 3.8) is 0 Å². The van der Waals surface area contributed by atoms with E-state index < -0.39 is 0 Å². The minimum atomic E-state index is 0.231. The summed E-state index contributed by atoms with van der Waals surface area (Å²) in [6.07, 6.45) is 0. The van der Waals surface area contributed by atoms with Gasteiger partial charge in [-0.25, -0.2) is 0 Å². The topological polar surface area (TPSA) is 38.1 Å². The molecule has 2 N–H and O–H groups in total. The average Bonchev–Trinajstić information content (AvgIpc) is 2.63. The largest absolute Gasteiger partial charge is 0.370 e. The van der Waals surface area contributed by atoms with Crippen LogP contribution < -0.4 is 10.3 Å². The first-order valence-corrected chi connectivity index (χ1v) is 8.65. The minimum Gasteiger partial charge on any atom is -0.370 e. The van der Waals surface area contributed by atoms with Gasteiger partial charge in [0, 0.05) is 10.6 Å². The number of anilines is 1. The van der Waals surface area contributed by atoms with Gasteiger partial charge in [0.25, 0.3) is 0 Å². The van der Waals surface area contributed by atoms with E-state index in [2.05, 4.69) is 41.7 Å². The normalized spacial score (nSPS) is 17.5. The zero-order valence-electron chi connectivity index (χ0n) is 13.8. The highest BCUT2D eigenvalue weighted by Crippen LogP contribution is 2.15. The van der Waals surface area contributed by atoms with Gasteiger partial charge in [-0.1, -0.05) is 41.9 Å². The second-order valence-electron chi connectivity index (χ2n) is 5.99. The smallest absolute Gasteiger partial charge is 0.154 e. The molecule has 1 aliphatic heterocycles. The molecular weight excluding hydrogens is 322 g/mol. The summed E-state index contributed by atoms with van der Waals surface area (Å²) in [4.78, 5) is 1.49. The Morgan fingerprint density at radius 1 is 1.08 bits per heavy atom. The number of nitrogens with zero attached hydrogens (tertiary/aromatic N) is 1. The van der Waals surface area contributed by atoms with Gasteiger partial charge in [-0.15, -0.1) is 0 Å². The van der Waals surface area contributed by atoms with Gasteiger partial charge in [0.15, 0.2) is 6.04 Å².